The van der Waals surface area contributed by atoms with E-state index < -0.39 is 11.2 Å². The molecule has 3 nitrogen and oxygen atoms in total. The molecule has 3 N–H and O–H groups in total. The zero-order valence-electron chi connectivity index (χ0n) is 16.3. The molecule has 27 heavy (non-hydrogen) atoms. The summed E-state index contributed by atoms with van der Waals surface area (Å²) in [5.41, 5.74) is 2.61. The molecule has 138 valence electrons. The van der Waals surface area contributed by atoms with Crippen molar-refractivity contribution in [3.05, 3.63) is 66.7 Å². The summed E-state index contributed by atoms with van der Waals surface area (Å²) < 4.78 is 0. The Balaban J connectivity index is 1.85. The van der Waals surface area contributed by atoms with Crippen LogP contribution in [-0.4, -0.2) is 16.3 Å². The highest BCUT2D eigenvalue weighted by Gasteiger charge is 2.41. The van der Waals surface area contributed by atoms with Gasteiger partial charge in [-0.05, 0) is 58.3 Å². The van der Waals surface area contributed by atoms with Gasteiger partial charge in [0, 0.05) is 13.8 Å². The molecule has 0 aliphatic heterocycles. The molecule has 0 heterocycles. The van der Waals surface area contributed by atoms with Crippen molar-refractivity contribution in [2.24, 2.45) is 0 Å². The predicted octanol–water partition coefficient (Wildman–Crippen LogP) is 5.77. The molecule has 0 aliphatic rings. The monoisotopic (exact) mass is 360 g/mol. The largest absolute Gasteiger partial charge is 0.439 e. The van der Waals surface area contributed by atoms with Gasteiger partial charge in [0.25, 0.3) is 0 Å². The lowest BCUT2D eigenvalue weighted by molar-refractivity contribution is -0.130. The van der Waals surface area contributed by atoms with Gasteiger partial charge in [-0.25, -0.2) is 0 Å². The Hall–Kier alpha value is -2.62. The van der Waals surface area contributed by atoms with Crippen molar-refractivity contribution in [1.82, 2.24) is 0 Å². The highest BCUT2D eigenvalue weighted by Crippen LogP contribution is 2.36. The van der Waals surface area contributed by atoms with Gasteiger partial charge in [0.2, 0.25) is 0 Å². The van der Waals surface area contributed by atoms with Crippen LogP contribution in [0.25, 0.3) is 32.3 Å². The molecule has 0 saturated carbocycles. The van der Waals surface area contributed by atoms with E-state index in [1.54, 1.807) is 0 Å². The summed E-state index contributed by atoms with van der Waals surface area (Å²) in [7, 11) is 0. The van der Waals surface area contributed by atoms with Gasteiger partial charge in [-0.15, -0.1) is 0 Å². The maximum Gasteiger partial charge on any atom is 0.189 e. The second-order valence-corrected chi connectivity index (χ2v) is 8.19. The minimum absolute atomic E-state index is 0.632. The summed E-state index contributed by atoms with van der Waals surface area (Å²) in [6.07, 6.45) is 0. The molecule has 0 aliphatic carbocycles. The molecule has 4 rings (SSSR count). The third-order valence-electron chi connectivity index (χ3n) is 5.67. The number of benzene rings is 4. The van der Waals surface area contributed by atoms with E-state index in [1.807, 2.05) is 33.8 Å². The molecule has 3 heteroatoms. The second kappa shape index (κ2) is 6.22. The Bertz CT molecular complexity index is 1100. The summed E-state index contributed by atoms with van der Waals surface area (Å²) in [4.78, 5) is 5.89. The smallest absolute Gasteiger partial charge is 0.189 e. The third-order valence-corrected chi connectivity index (χ3v) is 5.67. The van der Waals surface area contributed by atoms with E-state index in [4.69, 9.17) is 9.94 Å². The third kappa shape index (κ3) is 3.03. The molecule has 0 fully saturated rings. The summed E-state index contributed by atoms with van der Waals surface area (Å²) in [5.74, 6) is 0. The van der Waals surface area contributed by atoms with E-state index in [1.165, 1.54) is 32.3 Å². The average Bonchev–Trinajstić information content (AvgIpc) is 2.65. The fourth-order valence-corrected chi connectivity index (χ4v) is 3.29. The van der Waals surface area contributed by atoms with Gasteiger partial charge in [0.1, 0.15) is 0 Å². The van der Waals surface area contributed by atoms with Crippen LogP contribution in [0.5, 0.6) is 0 Å². The number of hydrogen-bond donors (Lipinski definition) is 1. The Kier molecular flexibility index (Phi) is 4.10. The first-order valence-corrected chi connectivity index (χ1v) is 9.30. The molecule has 0 unspecified atom stereocenters. The van der Waals surface area contributed by atoms with Gasteiger partial charge in [0.05, 0.1) is 5.69 Å². The van der Waals surface area contributed by atoms with E-state index >= 15 is 0 Å². The number of anilines is 1. The van der Waals surface area contributed by atoms with Crippen LogP contribution in [0.3, 0.4) is 0 Å². The van der Waals surface area contributed by atoms with Crippen molar-refractivity contribution in [2.75, 3.05) is 5.48 Å². The Morgan fingerprint density at radius 2 is 1.11 bits per heavy atom. The molecular weight excluding hydrogens is 334 g/mol. The van der Waals surface area contributed by atoms with E-state index in [0.29, 0.717) is 0 Å². The quantitative estimate of drug-likeness (QED) is 0.285. The molecule has 0 radical (unpaired) electrons. The molecule has 0 saturated heterocycles. The molecular formula is C24H26NO2+. The zero-order chi connectivity index (χ0) is 19.2. The molecule has 0 bridgehead atoms. The number of rotatable bonds is 4. The first kappa shape index (κ1) is 17.8. The minimum Gasteiger partial charge on any atom is -0.439 e. The van der Waals surface area contributed by atoms with Crippen LogP contribution in [0.15, 0.2) is 66.7 Å². The van der Waals surface area contributed by atoms with Crippen LogP contribution in [0.2, 0.25) is 0 Å². The second-order valence-electron chi connectivity index (χ2n) is 8.19. The Morgan fingerprint density at radius 3 is 1.59 bits per heavy atom. The lowest BCUT2D eigenvalue weighted by Crippen LogP contribution is -2.48. The highest BCUT2D eigenvalue weighted by atomic mass is 16.7. The lowest BCUT2D eigenvalue weighted by atomic mass is 9.90. The Labute approximate surface area is 159 Å². The number of nitrogens with one attached hydrogen (secondary N) is 1. The topological polar surface area (TPSA) is 44.2 Å². The SMILES string of the molecule is CC(C)([OH2+])C(C)(C)ONc1ccc2c3ccccc3c3ccccc3c2c1. The van der Waals surface area contributed by atoms with Crippen molar-refractivity contribution in [2.45, 2.75) is 38.9 Å². The van der Waals surface area contributed by atoms with Crippen LogP contribution in [-0.2, 0) is 4.84 Å². The molecule has 0 atom stereocenters. The summed E-state index contributed by atoms with van der Waals surface area (Å²) >= 11 is 0. The van der Waals surface area contributed by atoms with E-state index in [9.17, 15) is 0 Å². The van der Waals surface area contributed by atoms with Crippen LogP contribution in [0, 0.1) is 0 Å². The maximum atomic E-state index is 8.26. The van der Waals surface area contributed by atoms with Crippen molar-refractivity contribution in [3.8, 4) is 0 Å². The standard InChI is InChI=1S/C24H25NO2/c1-23(2,26)24(3,4)27-25-16-13-14-21-19-11-6-5-9-17(19)18-10-7-8-12-20(18)22(21)15-16/h5-15,25-26H,1-4H3/p+1. The van der Waals surface area contributed by atoms with Crippen LogP contribution >= 0.6 is 0 Å². The van der Waals surface area contributed by atoms with E-state index in [0.717, 1.165) is 5.69 Å². The van der Waals surface area contributed by atoms with E-state index in [2.05, 4.69) is 66.1 Å². The van der Waals surface area contributed by atoms with Crippen LogP contribution < -0.4 is 5.48 Å². The predicted molar refractivity (Wildman–Crippen MR) is 115 cm³/mol. The first-order valence-electron chi connectivity index (χ1n) is 9.30. The van der Waals surface area contributed by atoms with Crippen LogP contribution in [0.4, 0.5) is 5.69 Å². The molecule has 4 aromatic rings. The molecule has 0 amide bonds. The highest BCUT2D eigenvalue weighted by molar-refractivity contribution is 6.25. The number of fused-ring (bicyclic) bond motifs is 6. The van der Waals surface area contributed by atoms with Crippen molar-refractivity contribution >= 4 is 38.0 Å². The van der Waals surface area contributed by atoms with Gasteiger partial charge in [-0.2, -0.15) is 0 Å². The minimum atomic E-state index is -0.722. The molecule has 0 spiro atoms. The van der Waals surface area contributed by atoms with Gasteiger partial charge in [0.15, 0.2) is 11.2 Å². The summed E-state index contributed by atoms with van der Waals surface area (Å²) in [5, 5.41) is 15.7. The Morgan fingerprint density at radius 1 is 0.667 bits per heavy atom. The fraction of sp³-hybridized carbons (Fsp3) is 0.250. The van der Waals surface area contributed by atoms with Gasteiger partial charge < -0.3 is 5.11 Å². The summed E-state index contributed by atoms with van der Waals surface area (Å²) in [6.45, 7) is 7.57. The van der Waals surface area contributed by atoms with Gasteiger partial charge in [-0.3, -0.25) is 10.3 Å². The molecule has 0 aromatic heterocycles. The lowest BCUT2D eigenvalue weighted by Gasteiger charge is -2.32. The first-order chi connectivity index (χ1) is 12.8. The van der Waals surface area contributed by atoms with E-state index in [-0.39, 0.29) is 0 Å². The van der Waals surface area contributed by atoms with Crippen molar-refractivity contribution < 1.29 is 9.94 Å². The van der Waals surface area contributed by atoms with Crippen LogP contribution in [0.1, 0.15) is 27.7 Å². The van der Waals surface area contributed by atoms with Crippen molar-refractivity contribution in [1.29, 1.82) is 0 Å². The normalized spacial score (nSPS) is 12.8. The maximum absolute atomic E-state index is 8.26. The molecule has 4 aromatic carbocycles. The number of hydrogen-bond acceptors (Lipinski definition) is 2. The average molecular weight is 360 g/mol. The van der Waals surface area contributed by atoms with Gasteiger partial charge in [-0.1, -0.05) is 54.6 Å². The zero-order valence-corrected chi connectivity index (χ0v) is 16.3. The van der Waals surface area contributed by atoms with Crippen molar-refractivity contribution in [3.63, 3.8) is 0 Å². The summed E-state index contributed by atoms with van der Waals surface area (Å²) in [6, 6.07) is 23.4. The fourth-order valence-electron chi connectivity index (χ4n) is 3.29. The van der Waals surface area contributed by atoms with Gasteiger partial charge >= 0.3 is 0 Å².